The number of halogens is 1. The molecule has 1 aliphatic carbocycles. The highest BCUT2D eigenvalue weighted by atomic mass is 19.1. The number of piperidine rings is 1. The van der Waals surface area contributed by atoms with Gasteiger partial charge in [0, 0.05) is 19.1 Å². The van der Waals surface area contributed by atoms with Gasteiger partial charge in [0.25, 0.3) is 0 Å². The number of benzene rings is 1. The van der Waals surface area contributed by atoms with E-state index in [9.17, 15) is 9.50 Å². The molecule has 3 aliphatic rings. The average molecular weight is 408 g/mol. The zero-order chi connectivity index (χ0) is 20.8. The first-order chi connectivity index (χ1) is 13.7. The first-order valence-electron chi connectivity index (χ1n) is 10.8. The maximum Gasteiger partial charge on any atom is 0.161 e. The molecule has 3 atom stereocenters. The van der Waals surface area contributed by atoms with Gasteiger partial charge in [-0.25, -0.2) is 4.39 Å². The van der Waals surface area contributed by atoms with Gasteiger partial charge in [-0.2, -0.15) is 0 Å². The molecule has 2 fully saturated rings. The second-order valence-corrected chi connectivity index (χ2v) is 9.83. The van der Waals surface area contributed by atoms with Crippen LogP contribution in [0.4, 0.5) is 4.39 Å². The number of alkyl halides is 1. The third kappa shape index (κ3) is 4.39. The van der Waals surface area contributed by atoms with Crippen LogP contribution in [0.15, 0.2) is 12.1 Å². The summed E-state index contributed by atoms with van der Waals surface area (Å²) in [4.78, 5) is 2.40. The standard InChI is InChI=1S/C23H34FNO4/c1-22(2,3)29-21-13-25-9-6-15-10-20(28-14-23(24)7-5-8-23)19(27-4)11-16(15)17(25)12-18(21)26/h10-11,17-18,21,26H,5-9,12-14H2,1-4H3/t17-,18-,21-/m1/s1. The van der Waals surface area contributed by atoms with E-state index in [1.807, 2.05) is 32.9 Å². The Morgan fingerprint density at radius 1 is 1.24 bits per heavy atom. The number of hydrogen-bond donors (Lipinski definition) is 1. The van der Waals surface area contributed by atoms with E-state index in [1.54, 1.807) is 7.11 Å². The van der Waals surface area contributed by atoms with Crippen LogP contribution in [0.25, 0.3) is 0 Å². The summed E-state index contributed by atoms with van der Waals surface area (Å²) in [6.07, 6.45) is 2.92. The first kappa shape index (κ1) is 20.9. The van der Waals surface area contributed by atoms with Crippen molar-refractivity contribution in [2.75, 3.05) is 26.8 Å². The van der Waals surface area contributed by atoms with E-state index in [-0.39, 0.29) is 24.4 Å². The number of aliphatic hydroxyl groups excluding tert-OH is 1. The summed E-state index contributed by atoms with van der Waals surface area (Å²) < 4.78 is 31.9. The number of nitrogens with zero attached hydrogens (tertiary/aromatic N) is 1. The lowest BCUT2D eigenvalue weighted by Gasteiger charge is -2.47. The smallest absolute Gasteiger partial charge is 0.161 e. The molecule has 1 saturated heterocycles. The molecular formula is C23H34FNO4. The molecule has 2 heterocycles. The SMILES string of the molecule is COc1cc2c(cc1OCC1(F)CCC1)CCN1C[C@@H](OC(C)(C)C)[C@H](O)C[C@H]21. The Balaban J connectivity index is 1.52. The third-order valence-electron chi connectivity index (χ3n) is 6.44. The Morgan fingerprint density at radius 3 is 2.62 bits per heavy atom. The molecule has 1 N–H and O–H groups in total. The summed E-state index contributed by atoms with van der Waals surface area (Å²) in [5.74, 6) is 1.25. The molecule has 0 spiro atoms. The molecule has 2 aliphatic heterocycles. The van der Waals surface area contributed by atoms with E-state index in [4.69, 9.17) is 14.2 Å². The van der Waals surface area contributed by atoms with E-state index in [1.165, 1.54) is 11.1 Å². The van der Waals surface area contributed by atoms with Gasteiger partial charge in [-0.05, 0) is 76.1 Å². The van der Waals surface area contributed by atoms with Crippen molar-refractivity contribution in [3.63, 3.8) is 0 Å². The van der Waals surface area contributed by atoms with Gasteiger partial charge in [-0.1, -0.05) is 0 Å². The minimum absolute atomic E-state index is 0.0856. The molecule has 6 heteroatoms. The molecule has 0 bridgehead atoms. The molecular weight excluding hydrogens is 373 g/mol. The van der Waals surface area contributed by atoms with Crippen molar-refractivity contribution in [2.24, 2.45) is 0 Å². The first-order valence-corrected chi connectivity index (χ1v) is 10.8. The van der Waals surface area contributed by atoms with Gasteiger partial charge in [0.05, 0.1) is 24.9 Å². The van der Waals surface area contributed by atoms with Crippen LogP contribution in [-0.2, 0) is 11.2 Å². The van der Waals surface area contributed by atoms with E-state index in [0.717, 1.165) is 19.4 Å². The van der Waals surface area contributed by atoms with E-state index in [2.05, 4.69) is 4.90 Å². The number of hydrogen-bond acceptors (Lipinski definition) is 5. The fraction of sp³-hybridized carbons (Fsp3) is 0.739. The molecule has 4 rings (SSSR count). The second kappa shape index (κ2) is 7.71. The van der Waals surface area contributed by atoms with Crippen LogP contribution in [-0.4, -0.2) is 60.3 Å². The number of methoxy groups -OCH3 is 1. The van der Waals surface area contributed by atoms with Crippen LogP contribution >= 0.6 is 0 Å². The van der Waals surface area contributed by atoms with Gasteiger partial charge in [0.15, 0.2) is 11.5 Å². The lowest BCUT2D eigenvalue weighted by molar-refractivity contribution is -0.149. The Bertz CT molecular complexity index is 743. The highest BCUT2D eigenvalue weighted by molar-refractivity contribution is 5.49. The maximum atomic E-state index is 14.4. The number of rotatable bonds is 5. The minimum Gasteiger partial charge on any atom is -0.493 e. The predicted molar refractivity (Wildman–Crippen MR) is 109 cm³/mol. The summed E-state index contributed by atoms with van der Waals surface area (Å²) >= 11 is 0. The Labute approximate surface area is 173 Å². The van der Waals surface area contributed by atoms with Gasteiger partial charge in [-0.3, -0.25) is 4.90 Å². The highest BCUT2D eigenvalue weighted by Crippen LogP contribution is 2.43. The lowest BCUT2D eigenvalue weighted by atomic mass is 9.83. The molecule has 0 amide bonds. The average Bonchev–Trinajstić information content (AvgIpc) is 2.63. The van der Waals surface area contributed by atoms with E-state index >= 15 is 0 Å². The summed E-state index contributed by atoms with van der Waals surface area (Å²) in [6, 6.07) is 4.17. The summed E-state index contributed by atoms with van der Waals surface area (Å²) in [7, 11) is 1.62. The van der Waals surface area contributed by atoms with E-state index < -0.39 is 11.8 Å². The summed E-state index contributed by atoms with van der Waals surface area (Å²) in [5.41, 5.74) is 0.904. The van der Waals surface area contributed by atoms with Crippen LogP contribution in [0.3, 0.4) is 0 Å². The molecule has 1 saturated carbocycles. The Hall–Kier alpha value is -1.37. The van der Waals surface area contributed by atoms with Crippen LogP contribution < -0.4 is 9.47 Å². The topological polar surface area (TPSA) is 51.2 Å². The monoisotopic (exact) mass is 407 g/mol. The number of aliphatic hydroxyl groups is 1. The molecule has 0 unspecified atom stereocenters. The van der Waals surface area contributed by atoms with Gasteiger partial charge in [-0.15, -0.1) is 0 Å². The molecule has 1 aromatic carbocycles. The van der Waals surface area contributed by atoms with Gasteiger partial charge < -0.3 is 19.3 Å². The van der Waals surface area contributed by atoms with Crippen molar-refractivity contribution >= 4 is 0 Å². The highest BCUT2D eigenvalue weighted by Gasteiger charge is 2.41. The predicted octanol–water partition coefficient (Wildman–Crippen LogP) is 3.81. The number of ether oxygens (including phenoxy) is 3. The fourth-order valence-corrected chi connectivity index (χ4v) is 4.74. The van der Waals surface area contributed by atoms with Crippen molar-refractivity contribution < 1.29 is 23.7 Å². The normalized spacial score (nSPS) is 28.8. The maximum absolute atomic E-state index is 14.4. The van der Waals surface area contributed by atoms with Gasteiger partial charge in [0.1, 0.15) is 12.3 Å². The molecule has 29 heavy (non-hydrogen) atoms. The van der Waals surface area contributed by atoms with Gasteiger partial charge in [0.2, 0.25) is 0 Å². The van der Waals surface area contributed by atoms with Crippen molar-refractivity contribution in [2.45, 2.75) is 82.4 Å². The van der Waals surface area contributed by atoms with Crippen LogP contribution in [0, 0.1) is 0 Å². The molecule has 1 aromatic rings. The Morgan fingerprint density at radius 2 is 2.00 bits per heavy atom. The quantitative estimate of drug-likeness (QED) is 0.804. The van der Waals surface area contributed by atoms with Crippen molar-refractivity contribution in [1.29, 1.82) is 0 Å². The van der Waals surface area contributed by atoms with E-state index in [0.29, 0.717) is 37.3 Å². The summed E-state index contributed by atoms with van der Waals surface area (Å²) in [5, 5.41) is 10.7. The minimum atomic E-state index is -1.19. The molecule has 5 nitrogen and oxygen atoms in total. The van der Waals surface area contributed by atoms with Gasteiger partial charge >= 0.3 is 0 Å². The van der Waals surface area contributed by atoms with Crippen molar-refractivity contribution in [3.8, 4) is 11.5 Å². The lowest BCUT2D eigenvalue weighted by Crippen LogP contribution is -2.53. The van der Waals surface area contributed by atoms with Crippen LogP contribution in [0.1, 0.15) is 63.6 Å². The van der Waals surface area contributed by atoms with Crippen molar-refractivity contribution in [3.05, 3.63) is 23.3 Å². The zero-order valence-electron chi connectivity index (χ0n) is 18.0. The number of fused-ring (bicyclic) bond motifs is 3. The van der Waals surface area contributed by atoms with Crippen LogP contribution in [0.2, 0.25) is 0 Å². The third-order valence-corrected chi connectivity index (χ3v) is 6.44. The van der Waals surface area contributed by atoms with Crippen LogP contribution in [0.5, 0.6) is 11.5 Å². The largest absolute Gasteiger partial charge is 0.493 e. The van der Waals surface area contributed by atoms with Crippen molar-refractivity contribution in [1.82, 2.24) is 4.90 Å². The molecule has 162 valence electrons. The Kier molecular flexibility index (Phi) is 5.55. The fourth-order valence-electron chi connectivity index (χ4n) is 4.74. The second-order valence-electron chi connectivity index (χ2n) is 9.83. The summed E-state index contributed by atoms with van der Waals surface area (Å²) in [6.45, 7) is 7.78. The molecule has 0 radical (unpaired) electrons. The molecule has 0 aromatic heterocycles. The zero-order valence-corrected chi connectivity index (χ0v) is 18.0.